The van der Waals surface area contributed by atoms with Crippen molar-refractivity contribution in [2.24, 2.45) is 5.73 Å². The molecule has 0 amide bonds. The van der Waals surface area contributed by atoms with Crippen molar-refractivity contribution in [3.63, 3.8) is 0 Å². The third kappa shape index (κ3) is 2.52. The van der Waals surface area contributed by atoms with E-state index in [2.05, 4.69) is 0 Å². The number of hydrogen-bond acceptors (Lipinski definition) is 3. The van der Waals surface area contributed by atoms with Crippen LogP contribution in [0.5, 0.6) is 11.5 Å². The molecule has 1 unspecified atom stereocenters. The van der Waals surface area contributed by atoms with Crippen LogP contribution >= 0.6 is 11.6 Å². The zero-order valence-corrected chi connectivity index (χ0v) is 9.34. The molecule has 1 aromatic carbocycles. The monoisotopic (exact) mass is 233 g/mol. The molecular formula is C10H13ClFNO2. The minimum atomic E-state index is -1.29. The van der Waals surface area contributed by atoms with Crippen LogP contribution in [0.4, 0.5) is 4.39 Å². The van der Waals surface area contributed by atoms with Gasteiger partial charge in [0.15, 0.2) is 11.5 Å². The Morgan fingerprint density at radius 1 is 1.33 bits per heavy atom. The van der Waals surface area contributed by atoms with Gasteiger partial charge in [0.05, 0.1) is 19.2 Å². The van der Waals surface area contributed by atoms with E-state index in [4.69, 9.17) is 26.8 Å². The predicted molar refractivity (Wildman–Crippen MR) is 57.5 cm³/mol. The Kier molecular flexibility index (Phi) is 4.17. The number of benzene rings is 1. The zero-order valence-electron chi connectivity index (χ0n) is 8.59. The van der Waals surface area contributed by atoms with Crippen molar-refractivity contribution >= 4 is 11.6 Å². The van der Waals surface area contributed by atoms with Crippen molar-refractivity contribution in [2.45, 2.75) is 6.17 Å². The van der Waals surface area contributed by atoms with Crippen molar-refractivity contribution in [1.29, 1.82) is 0 Å². The highest BCUT2D eigenvalue weighted by molar-refractivity contribution is 6.31. The van der Waals surface area contributed by atoms with E-state index in [9.17, 15) is 4.39 Å². The summed E-state index contributed by atoms with van der Waals surface area (Å²) >= 11 is 5.88. The zero-order chi connectivity index (χ0) is 11.4. The normalized spacial score (nSPS) is 12.3. The number of nitrogens with two attached hydrogens (primary N) is 1. The molecule has 1 atom stereocenters. The molecule has 0 saturated carbocycles. The van der Waals surface area contributed by atoms with Crippen LogP contribution < -0.4 is 15.2 Å². The summed E-state index contributed by atoms with van der Waals surface area (Å²) in [7, 11) is 2.97. The van der Waals surface area contributed by atoms with E-state index < -0.39 is 6.17 Å². The summed E-state index contributed by atoms with van der Waals surface area (Å²) in [5.74, 6) is 0.906. The van der Waals surface area contributed by atoms with E-state index in [-0.39, 0.29) is 11.6 Å². The van der Waals surface area contributed by atoms with Gasteiger partial charge in [-0.15, -0.1) is 0 Å². The number of alkyl halides is 1. The molecule has 0 radical (unpaired) electrons. The smallest absolute Gasteiger partial charge is 0.162 e. The van der Waals surface area contributed by atoms with Crippen molar-refractivity contribution in [3.05, 3.63) is 22.7 Å². The van der Waals surface area contributed by atoms with Gasteiger partial charge in [-0.05, 0) is 6.07 Å². The molecule has 15 heavy (non-hydrogen) atoms. The second kappa shape index (κ2) is 5.19. The summed E-state index contributed by atoms with van der Waals surface area (Å²) in [4.78, 5) is 0. The van der Waals surface area contributed by atoms with E-state index in [1.54, 1.807) is 0 Å². The first-order chi connectivity index (χ1) is 7.13. The molecule has 0 aliphatic carbocycles. The molecule has 84 valence electrons. The van der Waals surface area contributed by atoms with Crippen LogP contribution in [0.25, 0.3) is 0 Å². The van der Waals surface area contributed by atoms with E-state index in [1.165, 1.54) is 26.4 Å². The molecule has 1 aromatic rings. The first kappa shape index (κ1) is 12.1. The lowest BCUT2D eigenvalue weighted by atomic mass is 10.1. The molecule has 0 aliphatic rings. The van der Waals surface area contributed by atoms with Gasteiger partial charge < -0.3 is 15.2 Å². The maximum Gasteiger partial charge on any atom is 0.162 e. The lowest BCUT2D eigenvalue weighted by Crippen LogP contribution is -2.08. The van der Waals surface area contributed by atoms with Crippen LogP contribution in [0, 0.1) is 0 Å². The van der Waals surface area contributed by atoms with Gasteiger partial charge in [-0.3, -0.25) is 0 Å². The lowest BCUT2D eigenvalue weighted by Gasteiger charge is -2.13. The van der Waals surface area contributed by atoms with Gasteiger partial charge in [0.25, 0.3) is 0 Å². The Labute approximate surface area is 92.9 Å². The number of rotatable bonds is 4. The first-order valence-corrected chi connectivity index (χ1v) is 4.77. The number of hydrogen-bond donors (Lipinski definition) is 1. The third-order valence-electron chi connectivity index (χ3n) is 2.05. The maximum absolute atomic E-state index is 13.4. The average Bonchev–Trinajstić information content (AvgIpc) is 2.27. The molecule has 0 spiro atoms. The van der Waals surface area contributed by atoms with Crippen molar-refractivity contribution < 1.29 is 13.9 Å². The quantitative estimate of drug-likeness (QED) is 0.868. The van der Waals surface area contributed by atoms with Crippen LogP contribution in [-0.2, 0) is 0 Å². The van der Waals surface area contributed by atoms with Gasteiger partial charge in [0.2, 0.25) is 0 Å². The topological polar surface area (TPSA) is 44.5 Å². The Morgan fingerprint density at radius 3 is 2.33 bits per heavy atom. The van der Waals surface area contributed by atoms with Crippen LogP contribution in [-0.4, -0.2) is 20.8 Å². The Hall–Kier alpha value is -1.00. The molecule has 0 bridgehead atoms. The van der Waals surface area contributed by atoms with Crippen LogP contribution in [0.2, 0.25) is 5.02 Å². The first-order valence-electron chi connectivity index (χ1n) is 4.39. The Morgan fingerprint density at radius 2 is 1.87 bits per heavy atom. The van der Waals surface area contributed by atoms with Crippen molar-refractivity contribution in [1.82, 2.24) is 0 Å². The molecule has 0 aliphatic heterocycles. The predicted octanol–water partition coefficient (Wildman–Crippen LogP) is 2.33. The summed E-state index contributed by atoms with van der Waals surface area (Å²) in [5.41, 5.74) is 5.55. The summed E-state index contributed by atoms with van der Waals surface area (Å²) in [6.07, 6.45) is -1.29. The molecule has 2 N–H and O–H groups in total. The minimum absolute atomic E-state index is 0.116. The Bertz CT molecular complexity index is 346. The van der Waals surface area contributed by atoms with E-state index in [0.29, 0.717) is 17.1 Å². The van der Waals surface area contributed by atoms with Crippen LogP contribution in [0.3, 0.4) is 0 Å². The Balaban J connectivity index is 3.19. The highest BCUT2D eigenvalue weighted by Crippen LogP contribution is 2.36. The number of methoxy groups -OCH3 is 2. The molecule has 0 saturated heterocycles. The van der Waals surface area contributed by atoms with Crippen LogP contribution in [0.1, 0.15) is 11.7 Å². The molecule has 5 heteroatoms. The van der Waals surface area contributed by atoms with E-state index in [0.717, 1.165) is 0 Å². The minimum Gasteiger partial charge on any atom is -0.493 e. The highest BCUT2D eigenvalue weighted by atomic mass is 35.5. The SMILES string of the molecule is COc1cc(Cl)c(C(F)CN)cc1OC. The second-order valence-electron chi connectivity index (χ2n) is 2.93. The van der Waals surface area contributed by atoms with Gasteiger partial charge in [-0.2, -0.15) is 0 Å². The summed E-state index contributed by atoms with van der Waals surface area (Å²) in [6.45, 7) is -0.116. The van der Waals surface area contributed by atoms with Gasteiger partial charge >= 0.3 is 0 Å². The largest absolute Gasteiger partial charge is 0.493 e. The average molecular weight is 234 g/mol. The number of ether oxygens (including phenoxy) is 2. The van der Waals surface area contributed by atoms with Gasteiger partial charge in [-0.1, -0.05) is 11.6 Å². The standard InChI is InChI=1S/C10H13ClFNO2/c1-14-9-3-6(8(12)5-13)7(11)4-10(9)15-2/h3-4,8H,5,13H2,1-2H3. The molecule has 0 heterocycles. The summed E-state index contributed by atoms with van der Waals surface area (Å²) < 4.78 is 23.4. The molecule has 0 aromatic heterocycles. The van der Waals surface area contributed by atoms with Gasteiger partial charge in [0, 0.05) is 18.2 Å². The van der Waals surface area contributed by atoms with E-state index >= 15 is 0 Å². The highest BCUT2D eigenvalue weighted by Gasteiger charge is 2.16. The maximum atomic E-state index is 13.4. The third-order valence-corrected chi connectivity index (χ3v) is 2.37. The second-order valence-corrected chi connectivity index (χ2v) is 3.34. The summed E-state index contributed by atoms with van der Waals surface area (Å²) in [6, 6.07) is 3.01. The molecule has 1 rings (SSSR count). The van der Waals surface area contributed by atoms with Crippen molar-refractivity contribution in [3.8, 4) is 11.5 Å². The molecule has 3 nitrogen and oxygen atoms in total. The molecular weight excluding hydrogens is 221 g/mol. The molecule has 0 fully saturated rings. The fourth-order valence-electron chi connectivity index (χ4n) is 1.24. The fraction of sp³-hybridized carbons (Fsp3) is 0.400. The van der Waals surface area contributed by atoms with Crippen LogP contribution in [0.15, 0.2) is 12.1 Å². The van der Waals surface area contributed by atoms with Crippen molar-refractivity contribution in [2.75, 3.05) is 20.8 Å². The fourth-order valence-corrected chi connectivity index (χ4v) is 1.51. The van der Waals surface area contributed by atoms with E-state index in [1.807, 2.05) is 0 Å². The lowest BCUT2D eigenvalue weighted by molar-refractivity contribution is 0.339. The van der Waals surface area contributed by atoms with Gasteiger partial charge in [0.1, 0.15) is 6.17 Å². The summed E-state index contributed by atoms with van der Waals surface area (Å²) in [5, 5.41) is 0.283. The number of halogens is 2. The van der Waals surface area contributed by atoms with Gasteiger partial charge in [-0.25, -0.2) is 4.39 Å².